The van der Waals surface area contributed by atoms with Gasteiger partial charge < -0.3 is 10.5 Å². The molecule has 21 heavy (non-hydrogen) atoms. The van der Waals surface area contributed by atoms with Crippen LogP contribution in [0.1, 0.15) is 5.56 Å². The van der Waals surface area contributed by atoms with Crippen LogP contribution in [-0.2, 0) is 0 Å². The average Bonchev–Trinajstić information content (AvgIpc) is 2.28. The van der Waals surface area contributed by atoms with E-state index in [0.717, 1.165) is 6.07 Å². The Morgan fingerprint density at radius 1 is 1.57 bits per heavy atom. The minimum atomic E-state index is -4.76. The maximum atomic E-state index is 12.7. The van der Waals surface area contributed by atoms with Crippen LogP contribution in [0.25, 0.3) is 0 Å². The van der Waals surface area contributed by atoms with Gasteiger partial charge in [0.05, 0.1) is 4.92 Å². The van der Waals surface area contributed by atoms with Gasteiger partial charge in [-0.05, 0) is 18.6 Å². The Bertz CT molecular complexity index is 578. The summed E-state index contributed by atoms with van der Waals surface area (Å²) in [5.74, 6) is -3.71. The van der Waals surface area contributed by atoms with Crippen LogP contribution in [0.3, 0.4) is 0 Å². The van der Waals surface area contributed by atoms with E-state index in [2.05, 4.69) is 15.9 Å². The number of aryl methyl sites for hydroxylation is 1. The number of nitrogens with zero attached hydrogens (tertiary/aromatic N) is 1. The minimum absolute atomic E-state index is 0.279. The number of halogens is 4. The molecule has 0 amide bonds. The van der Waals surface area contributed by atoms with Gasteiger partial charge in [0.15, 0.2) is 5.75 Å². The molecule has 3 N–H and O–H groups in total. The second-order valence-electron chi connectivity index (χ2n) is 4.19. The predicted octanol–water partition coefficient (Wildman–Crippen LogP) is 3.16. The molecule has 0 radical (unpaired) electrons. The average molecular weight is 370 g/mol. The summed E-state index contributed by atoms with van der Waals surface area (Å²) in [5, 5.41) is 17.9. The number of nitro benzene ring substituents is 1. The number of alkyl halides is 3. The van der Waals surface area contributed by atoms with E-state index in [1.165, 1.54) is 13.0 Å². The lowest BCUT2D eigenvalue weighted by Gasteiger charge is -2.19. The van der Waals surface area contributed by atoms with Gasteiger partial charge in [-0.1, -0.05) is 15.9 Å². The molecule has 0 heterocycles. The number of nitrogens with two attached hydrogens (primary N) is 1. The summed E-state index contributed by atoms with van der Waals surface area (Å²) < 4.78 is 43.3. The van der Waals surface area contributed by atoms with Crippen LogP contribution in [0.4, 0.5) is 18.9 Å². The summed E-state index contributed by atoms with van der Waals surface area (Å²) >= 11 is 3.06. The third-order valence-electron chi connectivity index (χ3n) is 2.58. The number of benzene rings is 1. The number of rotatable bonds is 5. The molecule has 0 aliphatic rings. The number of ether oxygens (including phenoxy) is 1. The first kappa shape index (κ1) is 17.2. The van der Waals surface area contributed by atoms with E-state index in [0.29, 0.717) is 10.0 Å². The predicted molar refractivity (Wildman–Crippen MR) is 72.5 cm³/mol. The first-order valence-electron chi connectivity index (χ1n) is 5.52. The van der Waals surface area contributed by atoms with Crippen molar-refractivity contribution in [3.8, 4) is 5.75 Å². The van der Waals surface area contributed by atoms with Crippen molar-refractivity contribution in [1.29, 1.82) is 5.41 Å². The first-order valence-corrected chi connectivity index (χ1v) is 6.31. The Labute approximate surface area is 125 Å². The van der Waals surface area contributed by atoms with Gasteiger partial charge in [-0.25, -0.2) is 0 Å². The first-order chi connectivity index (χ1) is 9.54. The van der Waals surface area contributed by atoms with Crippen LogP contribution < -0.4 is 10.5 Å². The van der Waals surface area contributed by atoms with Crippen molar-refractivity contribution in [3.05, 3.63) is 32.3 Å². The minimum Gasteiger partial charge on any atom is -0.485 e. The van der Waals surface area contributed by atoms with E-state index in [-0.39, 0.29) is 5.75 Å². The lowest BCUT2D eigenvalue weighted by molar-refractivity contribution is -0.386. The standard InChI is InChI=1S/C11H11BrF3N3O3/c1-5-2-6(12)3-8(18(19)20)9(5)21-4-7(10(16)17)11(13,14)15/h2-3,7H,4H2,1H3,(H3,16,17). The van der Waals surface area contributed by atoms with E-state index in [1.807, 2.05) is 0 Å². The zero-order valence-corrected chi connectivity index (χ0v) is 12.3. The van der Waals surface area contributed by atoms with Crippen LogP contribution in [0.5, 0.6) is 5.75 Å². The number of hydrogen-bond donors (Lipinski definition) is 2. The highest BCUT2D eigenvalue weighted by molar-refractivity contribution is 9.10. The fourth-order valence-corrected chi connectivity index (χ4v) is 2.12. The molecular formula is C11H11BrF3N3O3. The van der Waals surface area contributed by atoms with Gasteiger partial charge in [0.2, 0.25) is 0 Å². The summed E-state index contributed by atoms with van der Waals surface area (Å²) in [6.07, 6.45) is -4.76. The fourth-order valence-electron chi connectivity index (χ4n) is 1.56. The third kappa shape index (κ3) is 4.31. The van der Waals surface area contributed by atoms with E-state index < -0.39 is 35.1 Å². The molecule has 0 fully saturated rings. The van der Waals surface area contributed by atoms with E-state index in [1.54, 1.807) is 0 Å². The molecule has 10 heteroatoms. The largest absolute Gasteiger partial charge is 0.485 e. The van der Waals surface area contributed by atoms with Crippen LogP contribution in [0.2, 0.25) is 0 Å². The SMILES string of the molecule is Cc1cc(Br)cc([N+](=O)[O-])c1OCC(C(=N)N)C(F)(F)F. The number of amidine groups is 1. The molecule has 0 aliphatic heterocycles. The molecule has 1 rings (SSSR count). The monoisotopic (exact) mass is 369 g/mol. The summed E-state index contributed by atoms with van der Waals surface area (Å²) in [6, 6.07) is 2.59. The molecule has 6 nitrogen and oxygen atoms in total. The van der Waals surface area contributed by atoms with Crippen LogP contribution in [0, 0.1) is 28.4 Å². The normalized spacial score (nSPS) is 12.8. The quantitative estimate of drug-likeness (QED) is 0.360. The molecule has 0 saturated carbocycles. The molecule has 0 saturated heterocycles. The van der Waals surface area contributed by atoms with Crippen LogP contribution >= 0.6 is 15.9 Å². The van der Waals surface area contributed by atoms with Crippen molar-refractivity contribution in [2.24, 2.45) is 11.7 Å². The smallest absolute Gasteiger partial charge is 0.401 e. The second-order valence-corrected chi connectivity index (χ2v) is 5.10. The third-order valence-corrected chi connectivity index (χ3v) is 3.04. The maximum Gasteiger partial charge on any atom is 0.401 e. The molecule has 1 aromatic carbocycles. The molecule has 0 spiro atoms. The molecule has 1 atom stereocenters. The highest BCUT2D eigenvalue weighted by atomic mass is 79.9. The van der Waals surface area contributed by atoms with Crippen molar-refractivity contribution in [3.63, 3.8) is 0 Å². The Morgan fingerprint density at radius 3 is 2.57 bits per heavy atom. The summed E-state index contributed by atoms with van der Waals surface area (Å²) in [6.45, 7) is 0.464. The highest BCUT2D eigenvalue weighted by Crippen LogP contribution is 2.35. The van der Waals surface area contributed by atoms with Gasteiger partial charge in [-0.3, -0.25) is 15.5 Å². The molecule has 0 bridgehead atoms. The topological polar surface area (TPSA) is 102 Å². The number of nitrogens with one attached hydrogen (secondary N) is 1. The number of nitro groups is 1. The van der Waals surface area contributed by atoms with Gasteiger partial charge >= 0.3 is 11.9 Å². The zero-order chi connectivity index (χ0) is 16.4. The summed E-state index contributed by atoms with van der Waals surface area (Å²) in [4.78, 5) is 10.2. The Kier molecular flexibility index (Phi) is 5.15. The van der Waals surface area contributed by atoms with Crippen molar-refractivity contribution in [1.82, 2.24) is 0 Å². The Balaban J connectivity index is 3.08. The van der Waals surface area contributed by atoms with Crippen molar-refractivity contribution in [2.45, 2.75) is 13.1 Å². The van der Waals surface area contributed by atoms with Crippen molar-refractivity contribution in [2.75, 3.05) is 6.61 Å². The van der Waals surface area contributed by atoms with Crippen molar-refractivity contribution >= 4 is 27.5 Å². The second kappa shape index (κ2) is 6.29. The van der Waals surface area contributed by atoms with Gasteiger partial charge in [0.25, 0.3) is 0 Å². The maximum absolute atomic E-state index is 12.7. The zero-order valence-electron chi connectivity index (χ0n) is 10.7. The van der Waals surface area contributed by atoms with Gasteiger partial charge in [0, 0.05) is 10.5 Å². The number of hydrogen-bond acceptors (Lipinski definition) is 4. The van der Waals surface area contributed by atoms with E-state index >= 15 is 0 Å². The lowest BCUT2D eigenvalue weighted by atomic mass is 10.1. The summed E-state index contributed by atoms with van der Waals surface area (Å²) in [5.41, 5.74) is 4.71. The van der Waals surface area contributed by atoms with E-state index in [4.69, 9.17) is 15.9 Å². The van der Waals surface area contributed by atoms with E-state index in [9.17, 15) is 23.3 Å². The lowest BCUT2D eigenvalue weighted by Crippen LogP contribution is -2.39. The molecular weight excluding hydrogens is 359 g/mol. The molecule has 1 aromatic rings. The fraction of sp³-hybridized carbons (Fsp3) is 0.364. The Morgan fingerprint density at radius 2 is 2.14 bits per heavy atom. The van der Waals surface area contributed by atoms with Crippen LogP contribution in [0.15, 0.2) is 16.6 Å². The molecule has 116 valence electrons. The highest BCUT2D eigenvalue weighted by Gasteiger charge is 2.43. The summed E-state index contributed by atoms with van der Waals surface area (Å²) in [7, 11) is 0. The molecule has 0 aliphatic carbocycles. The van der Waals surface area contributed by atoms with Gasteiger partial charge in [-0.2, -0.15) is 13.2 Å². The molecule has 1 unspecified atom stereocenters. The van der Waals surface area contributed by atoms with Crippen molar-refractivity contribution < 1.29 is 22.8 Å². The van der Waals surface area contributed by atoms with Crippen LogP contribution in [-0.4, -0.2) is 23.5 Å². The molecule has 0 aromatic heterocycles. The Hall–Kier alpha value is -1.84. The van der Waals surface area contributed by atoms with Gasteiger partial charge in [-0.15, -0.1) is 0 Å². The van der Waals surface area contributed by atoms with Gasteiger partial charge in [0.1, 0.15) is 18.4 Å².